The van der Waals surface area contributed by atoms with Gasteiger partial charge in [-0.1, -0.05) is 24.3 Å². The molecular weight excluding hydrogens is 397 g/mol. The fourth-order valence-electron chi connectivity index (χ4n) is 2.71. The number of sulfonamides is 1. The summed E-state index contributed by atoms with van der Waals surface area (Å²) in [4.78, 5) is 25.1. The van der Waals surface area contributed by atoms with Gasteiger partial charge < -0.3 is 10.6 Å². The van der Waals surface area contributed by atoms with E-state index in [4.69, 9.17) is 0 Å². The molecule has 0 heterocycles. The molecule has 154 valence electrons. The van der Waals surface area contributed by atoms with Crippen molar-refractivity contribution in [2.75, 3.05) is 22.4 Å². The average Bonchev–Trinajstić information content (AvgIpc) is 2.65. The van der Waals surface area contributed by atoms with Crippen LogP contribution in [0.15, 0.2) is 61.2 Å². The van der Waals surface area contributed by atoms with Gasteiger partial charge in [-0.2, -0.15) is 0 Å². The molecule has 2 aromatic carbocycles. The molecule has 2 aromatic rings. The van der Waals surface area contributed by atoms with E-state index in [1.54, 1.807) is 12.1 Å². The van der Waals surface area contributed by atoms with E-state index in [0.29, 0.717) is 0 Å². The molecule has 0 unspecified atom stereocenters. The molecule has 0 saturated carbocycles. The largest absolute Gasteiger partial charge is 0.349 e. The van der Waals surface area contributed by atoms with E-state index in [0.717, 1.165) is 16.6 Å². The van der Waals surface area contributed by atoms with Crippen molar-refractivity contribution in [3.63, 3.8) is 0 Å². The summed E-state index contributed by atoms with van der Waals surface area (Å²) in [6, 6.07) is 10.1. The number of benzene rings is 2. The highest BCUT2D eigenvalue weighted by Crippen LogP contribution is 2.23. The Morgan fingerprint density at radius 1 is 1.21 bits per heavy atom. The van der Waals surface area contributed by atoms with Gasteiger partial charge in [-0.15, -0.1) is 6.58 Å². The van der Waals surface area contributed by atoms with Crippen molar-refractivity contribution in [2.24, 2.45) is 0 Å². The third-order valence-corrected chi connectivity index (χ3v) is 5.23. The van der Waals surface area contributed by atoms with Gasteiger partial charge >= 0.3 is 0 Å². The Balaban J connectivity index is 2.32. The molecule has 2 amide bonds. The van der Waals surface area contributed by atoms with E-state index in [2.05, 4.69) is 17.2 Å². The van der Waals surface area contributed by atoms with Gasteiger partial charge in [0.2, 0.25) is 15.9 Å². The number of anilines is 2. The average molecular weight is 419 g/mol. The van der Waals surface area contributed by atoms with E-state index >= 15 is 0 Å². The molecule has 0 aliphatic heterocycles. The fourth-order valence-corrected chi connectivity index (χ4v) is 3.88. The fraction of sp³-hybridized carbons (Fsp3) is 0.200. The van der Waals surface area contributed by atoms with Crippen LogP contribution in [0, 0.1) is 5.82 Å². The van der Waals surface area contributed by atoms with Crippen molar-refractivity contribution in [3.05, 3.63) is 72.6 Å². The Labute approximate surface area is 169 Å². The maximum Gasteiger partial charge on any atom is 0.253 e. The van der Waals surface area contributed by atoms with Crippen LogP contribution in [0.2, 0.25) is 0 Å². The molecule has 0 aliphatic carbocycles. The number of carbonyl (C=O) groups excluding carboxylic acids is 2. The standard InChI is InChI=1S/C20H22FN3O4S/c1-4-12-22-20(26)17-10-5-6-11-18(17)23-19(25)14(2)24(29(3,27)28)16-9-7-8-15(21)13-16/h4-11,13-14H,1,12H2,2-3H3,(H,22,26)(H,23,25)/t14-/m0/s1. The summed E-state index contributed by atoms with van der Waals surface area (Å²) >= 11 is 0. The first-order valence-corrected chi connectivity index (χ1v) is 10.5. The molecule has 0 aromatic heterocycles. The lowest BCUT2D eigenvalue weighted by atomic mass is 10.1. The maximum atomic E-state index is 13.6. The summed E-state index contributed by atoms with van der Waals surface area (Å²) in [6.07, 6.45) is 2.45. The molecule has 2 rings (SSSR count). The molecule has 0 bridgehead atoms. The van der Waals surface area contributed by atoms with E-state index < -0.39 is 33.7 Å². The summed E-state index contributed by atoms with van der Waals surface area (Å²) in [5, 5.41) is 5.19. The molecule has 1 atom stereocenters. The van der Waals surface area contributed by atoms with E-state index in [1.807, 2.05) is 0 Å². The van der Waals surface area contributed by atoms with E-state index in [9.17, 15) is 22.4 Å². The highest BCUT2D eigenvalue weighted by Gasteiger charge is 2.30. The minimum atomic E-state index is -3.89. The Morgan fingerprint density at radius 2 is 1.90 bits per heavy atom. The van der Waals surface area contributed by atoms with Crippen LogP contribution in [0.1, 0.15) is 17.3 Å². The summed E-state index contributed by atoms with van der Waals surface area (Å²) in [5.74, 6) is -1.73. The number of hydrogen-bond donors (Lipinski definition) is 2. The van der Waals surface area contributed by atoms with Crippen molar-refractivity contribution < 1.29 is 22.4 Å². The van der Waals surface area contributed by atoms with Crippen LogP contribution in [0.5, 0.6) is 0 Å². The summed E-state index contributed by atoms with van der Waals surface area (Å²) < 4.78 is 39.0. The molecule has 29 heavy (non-hydrogen) atoms. The second-order valence-electron chi connectivity index (χ2n) is 6.25. The van der Waals surface area contributed by atoms with Gasteiger partial charge in [-0.25, -0.2) is 12.8 Å². The van der Waals surface area contributed by atoms with Gasteiger partial charge in [0.1, 0.15) is 11.9 Å². The van der Waals surface area contributed by atoms with Crippen LogP contribution in [0.25, 0.3) is 0 Å². The van der Waals surface area contributed by atoms with Gasteiger partial charge in [0.05, 0.1) is 23.2 Å². The molecule has 2 N–H and O–H groups in total. The Kier molecular flexibility index (Phi) is 7.11. The van der Waals surface area contributed by atoms with E-state index in [-0.39, 0.29) is 23.5 Å². The summed E-state index contributed by atoms with van der Waals surface area (Å²) in [5.41, 5.74) is 0.456. The maximum absolute atomic E-state index is 13.6. The van der Waals surface area contributed by atoms with Gasteiger partial charge in [-0.3, -0.25) is 13.9 Å². The second kappa shape index (κ2) is 9.33. The first-order chi connectivity index (χ1) is 13.6. The first kappa shape index (κ1) is 22.1. The van der Waals surface area contributed by atoms with Crippen molar-refractivity contribution in [1.82, 2.24) is 5.32 Å². The van der Waals surface area contributed by atoms with Gasteiger partial charge in [-0.05, 0) is 37.3 Å². The second-order valence-corrected chi connectivity index (χ2v) is 8.11. The Hall–Kier alpha value is -3.20. The highest BCUT2D eigenvalue weighted by atomic mass is 32.2. The van der Waals surface area contributed by atoms with Gasteiger partial charge in [0.15, 0.2) is 0 Å². The minimum Gasteiger partial charge on any atom is -0.349 e. The van der Waals surface area contributed by atoms with Crippen molar-refractivity contribution >= 4 is 33.2 Å². The van der Waals surface area contributed by atoms with Gasteiger partial charge in [0.25, 0.3) is 5.91 Å². The first-order valence-electron chi connectivity index (χ1n) is 8.69. The quantitative estimate of drug-likeness (QED) is 0.643. The van der Waals surface area contributed by atoms with Crippen LogP contribution in [0.3, 0.4) is 0 Å². The summed E-state index contributed by atoms with van der Waals surface area (Å²) in [7, 11) is -3.89. The predicted octanol–water partition coefficient (Wildman–Crippen LogP) is 2.53. The normalized spacial score (nSPS) is 12.0. The number of nitrogens with zero attached hydrogens (tertiary/aromatic N) is 1. The molecule has 7 nitrogen and oxygen atoms in total. The lowest BCUT2D eigenvalue weighted by Crippen LogP contribution is -2.45. The molecule has 9 heteroatoms. The van der Waals surface area contributed by atoms with Crippen LogP contribution >= 0.6 is 0 Å². The molecule has 0 radical (unpaired) electrons. The van der Waals surface area contributed by atoms with Crippen molar-refractivity contribution in [1.29, 1.82) is 0 Å². The zero-order valence-electron chi connectivity index (χ0n) is 16.1. The highest BCUT2D eigenvalue weighted by molar-refractivity contribution is 7.92. The molecule has 0 fully saturated rings. The van der Waals surface area contributed by atoms with Crippen LogP contribution in [-0.2, 0) is 14.8 Å². The Morgan fingerprint density at radius 3 is 2.52 bits per heavy atom. The molecule has 0 saturated heterocycles. The number of nitrogens with one attached hydrogen (secondary N) is 2. The number of para-hydroxylation sites is 1. The van der Waals surface area contributed by atoms with Crippen LogP contribution in [-0.4, -0.2) is 39.1 Å². The molecule has 0 aliphatic rings. The Bertz CT molecular complexity index is 1020. The zero-order valence-corrected chi connectivity index (χ0v) is 16.9. The lowest BCUT2D eigenvalue weighted by Gasteiger charge is -2.28. The monoisotopic (exact) mass is 419 g/mol. The predicted molar refractivity (Wildman–Crippen MR) is 111 cm³/mol. The van der Waals surface area contributed by atoms with Crippen molar-refractivity contribution in [3.8, 4) is 0 Å². The number of rotatable bonds is 8. The van der Waals surface area contributed by atoms with E-state index in [1.165, 1.54) is 43.3 Å². The third kappa shape index (κ3) is 5.64. The molecular formula is C20H22FN3O4S. The SMILES string of the molecule is C=CCNC(=O)c1ccccc1NC(=O)[C@H](C)N(c1cccc(F)c1)S(C)(=O)=O. The number of carbonyl (C=O) groups is 2. The van der Waals surface area contributed by atoms with Crippen molar-refractivity contribution in [2.45, 2.75) is 13.0 Å². The number of halogens is 1. The zero-order chi connectivity index (χ0) is 21.6. The minimum absolute atomic E-state index is 0.0205. The third-order valence-electron chi connectivity index (χ3n) is 3.99. The lowest BCUT2D eigenvalue weighted by molar-refractivity contribution is -0.116. The van der Waals surface area contributed by atoms with Crippen LogP contribution < -0.4 is 14.9 Å². The topological polar surface area (TPSA) is 95.6 Å². The van der Waals surface area contributed by atoms with Crippen LogP contribution in [0.4, 0.5) is 15.8 Å². The van der Waals surface area contributed by atoms with Gasteiger partial charge in [0, 0.05) is 6.54 Å². The number of amides is 2. The number of hydrogen-bond acceptors (Lipinski definition) is 4. The summed E-state index contributed by atoms with van der Waals surface area (Å²) in [6.45, 7) is 5.15. The molecule has 0 spiro atoms. The smallest absolute Gasteiger partial charge is 0.253 e.